The van der Waals surface area contributed by atoms with Crippen molar-refractivity contribution in [3.05, 3.63) is 0 Å². The number of hydrogen-bond donors (Lipinski definition) is 1. The molecule has 2 atom stereocenters. The quantitative estimate of drug-likeness (QED) is 0.820. The lowest BCUT2D eigenvalue weighted by molar-refractivity contribution is -0.137. The predicted octanol–water partition coefficient (Wildman–Crippen LogP) is 1.16. The number of hydrogen-bond acceptors (Lipinski definition) is 3. The lowest BCUT2D eigenvalue weighted by Crippen LogP contribution is -2.58. The van der Waals surface area contributed by atoms with Gasteiger partial charge in [-0.25, -0.2) is 8.78 Å². The van der Waals surface area contributed by atoms with Crippen LogP contribution in [0.5, 0.6) is 0 Å². The summed E-state index contributed by atoms with van der Waals surface area (Å²) in [6, 6.07) is -0.495. The summed E-state index contributed by atoms with van der Waals surface area (Å²) in [6.45, 7) is 7.06. The van der Waals surface area contributed by atoms with Crippen molar-refractivity contribution in [1.29, 1.82) is 0 Å². The van der Waals surface area contributed by atoms with E-state index in [2.05, 4.69) is 0 Å². The number of carbonyl (C=O) groups excluding carboxylic acids is 1. The fourth-order valence-electron chi connectivity index (χ4n) is 2.39. The van der Waals surface area contributed by atoms with Crippen LogP contribution in [0.1, 0.15) is 27.2 Å². The highest BCUT2D eigenvalue weighted by Gasteiger charge is 2.32. The highest BCUT2D eigenvalue weighted by Crippen LogP contribution is 2.16. The molecular weight excluding hydrogens is 252 g/mol. The molecule has 1 heterocycles. The summed E-state index contributed by atoms with van der Waals surface area (Å²) in [5.74, 6) is 0.0248. The molecule has 0 aromatic carbocycles. The van der Waals surface area contributed by atoms with Crippen molar-refractivity contribution >= 4 is 5.91 Å². The van der Waals surface area contributed by atoms with Crippen molar-refractivity contribution in [2.45, 2.75) is 45.7 Å². The predicted molar refractivity (Wildman–Crippen MR) is 71.0 cm³/mol. The first-order valence-corrected chi connectivity index (χ1v) is 6.93. The minimum absolute atomic E-state index is 0.00561. The summed E-state index contributed by atoms with van der Waals surface area (Å²) < 4.78 is 25.0. The van der Waals surface area contributed by atoms with Crippen molar-refractivity contribution in [2.75, 3.05) is 26.2 Å². The first-order valence-electron chi connectivity index (χ1n) is 6.93. The zero-order valence-electron chi connectivity index (χ0n) is 12.0. The molecule has 1 amide bonds. The first kappa shape index (κ1) is 16.3. The van der Waals surface area contributed by atoms with Gasteiger partial charge in [0, 0.05) is 25.7 Å². The molecule has 4 nitrogen and oxygen atoms in total. The standard InChI is InChI=1S/C13H25F2N3O/c1-4-10-7-18(13(19)12(16)9(2)3)6-5-17(10)8-11(14)15/h9-12H,4-8,16H2,1-3H3/t10-,12+/m1/s1. The lowest BCUT2D eigenvalue weighted by Gasteiger charge is -2.42. The van der Waals surface area contributed by atoms with Crippen LogP contribution in [0.3, 0.4) is 0 Å². The Morgan fingerprint density at radius 2 is 2.00 bits per heavy atom. The van der Waals surface area contributed by atoms with Crippen LogP contribution in [0.25, 0.3) is 0 Å². The first-order chi connectivity index (χ1) is 8.86. The Hall–Kier alpha value is -0.750. The Morgan fingerprint density at radius 3 is 2.47 bits per heavy atom. The summed E-state index contributed by atoms with van der Waals surface area (Å²) in [7, 11) is 0. The number of halogens is 2. The second-order valence-electron chi connectivity index (χ2n) is 5.50. The zero-order valence-corrected chi connectivity index (χ0v) is 12.0. The lowest BCUT2D eigenvalue weighted by atomic mass is 10.0. The molecule has 0 aliphatic carbocycles. The van der Waals surface area contributed by atoms with E-state index in [0.29, 0.717) is 19.6 Å². The van der Waals surface area contributed by atoms with Crippen LogP contribution in [0.2, 0.25) is 0 Å². The molecule has 112 valence electrons. The van der Waals surface area contributed by atoms with E-state index in [1.54, 1.807) is 9.80 Å². The molecule has 0 saturated carbocycles. The van der Waals surface area contributed by atoms with E-state index in [-0.39, 0.29) is 24.4 Å². The van der Waals surface area contributed by atoms with Gasteiger partial charge in [0.1, 0.15) is 0 Å². The Labute approximate surface area is 113 Å². The smallest absolute Gasteiger partial charge is 0.251 e. The molecule has 2 N–H and O–H groups in total. The number of nitrogens with two attached hydrogens (primary N) is 1. The number of nitrogens with zero attached hydrogens (tertiary/aromatic N) is 2. The topological polar surface area (TPSA) is 49.6 Å². The van der Waals surface area contributed by atoms with Gasteiger partial charge in [-0.15, -0.1) is 0 Å². The van der Waals surface area contributed by atoms with Gasteiger partial charge in [-0.1, -0.05) is 20.8 Å². The molecule has 1 saturated heterocycles. The Bertz CT molecular complexity index is 300. The van der Waals surface area contributed by atoms with Crippen molar-refractivity contribution in [2.24, 2.45) is 11.7 Å². The van der Waals surface area contributed by atoms with E-state index in [0.717, 1.165) is 6.42 Å². The molecule has 1 fully saturated rings. The fourth-order valence-corrected chi connectivity index (χ4v) is 2.39. The molecule has 0 unspecified atom stereocenters. The highest BCUT2D eigenvalue weighted by molar-refractivity contribution is 5.82. The van der Waals surface area contributed by atoms with E-state index in [1.807, 2.05) is 20.8 Å². The van der Waals surface area contributed by atoms with Gasteiger partial charge in [-0.3, -0.25) is 9.69 Å². The maximum absolute atomic E-state index is 12.5. The van der Waals surface area contributed by atoms with Crippen LogP contribution in [-0.2, 0) is 4.79 Å². The molecule has 6 heteroatoms. The van der Waals surface area contributed by atoms with E-state index in [1.165, 1.54) is 0 Å². The van der Waals surface area contributed by atoms with Crippen molar-refractivity contribution in [3.8, 4) is 0 Å². The number of carbonyl (C=O) groups is 1. The molecule has 0 bridgehead atoms. The monoisotopic (exact) mass is 277 g/mol. The molecule has 0 aromatic heterocycles. The molecule has 1 aliphatic heterocycles. The van der Waals surface area contributed by atoms with E-state index >= 15 is 0 Å². The van der Waals surface area contributed by atoms with Gasteiger partial charge in [-0.05, 0) is 12.3 Å². The van der Waals surface area contributed by atoms with Gasteiger partial charge in [-0.2, -0.15) is 0 Å². The zero-order chi connectivity index (χ0) is 14.6. The normalized spacial score (nSPS) is 23.2. The molecule has 1 aliphatic rings. The summed E-state index contributed by atoms with van der Waals surface area (Å²) in [5.41, 5.74) is 5.87. The number of rotatable bonds is 5. The van der Waals surface area contributed by atoms with Crippen LogP contribution in [-0.4, -0.2) is 60.4 Å². The average molecular weight is 277 g/mol. The second-order valence-corrected chi connectivity index (χ2v) is 5.50. The van der Waals surface area contributed by atoms with E-state index in [4.69, 9.17) is 5.73 Å². The fraction of sp³-hybridized carbons (Fsp3) is 0.923. The van der Waals surface area contributed by atoms with E-state index < -0.39 is 12.5 Å². The maximum atomic E-state index is 12.5. The van der Waals surface area contributed by atoms with Crippen LogP contribution in [0.15, 0.2) is 0 Å². The van der Waals surface area contributed by atoms with Crippen molar-refractivity contribution < 1.29 is 13.6 Å². The van der Waals surface area contributed by atoms with Gasteiger partial charge in [0.05, 0.1) is 12.6 Å². The second kappa shape index (κ2) is 7.14. The Morgan fingerprint density at radius 1 is 1.37 bits per heavy atom. The third-order valence-electron chi connectivity index (χ3n) is 3.76. The SMILES string of the molecule is CC[C@@H]1CN(C(=O)[C@@H](N)C(C)C)CCN1CC(F)F. The van der Waals surface area contributed by atoms with Gasteiger partial charge in [0.25, 0.3) is 6.43 Å². The summed E-state index contributed by atoms with van der Waals surface area (Å²) >= 11 is 0. The Balaban J connectivity index is 2.61. The summed E-state index contributed by atoms with van der Waals surface area (Å²) in [4.78, 5) is 15.7. The average Bonchev–Trinajstić information content (AvgIpc) is 2.36. The van der Waals surface area contributed by atoms with E-state index in [9.17, 15) is 13.6 Å². The third-order valence-corrected chi connectivity index (χ3v) is 3.76. The molecule has 0 spiro atoms. The maximum Gasteiger partial charge on any atom is 0.251 e. The van der Waals surface area contributed by atoms with Crippen LogP contribution < -0.4 is 5.73 Å². The molecule has 1 rings (SSSR count). The molecule has 0 aromatic rings. The van der Waals surface area contributed by atoms with Crippen molar-refractivity contribution in [3.63, 3.8) is 0 Å². The largest absolute Gasteiger partial charge is 0.338 e. The van der Waals surface area contributed by atoms with Crippen LogP contribution in [0.4, 0.5) is 8.78 Å². The molecule has 0 radical (unpaired) electrons. The summed E-state index contributed by atoms with van der Waals surface area (Å²) in [5, 5.41) is 0. The Kier molecular flexibility index (Phi) is 6.13. The molecule has 19 heavy (non-hydrogen) atoms. The minimum atomic E-state index is -2.32. The van der Waals surface area contributed by atoms with Gasteiger partial charge < -0.3 is 10.6 Å². The number of piperazine rings is 1. The van der Waals surface area contributed by atoms with Crippen molar-refractivity contribution in [1.82, 2.24) is 9.80 Å². The number of amides is 1. The third kappa shape index (κ3) is 4.38. The van der Waals surface area contributed by atoms with Crippen LogP contribution >= 0.6 is 0 Å². The molecular formula is C13H25F2N3O. The number of alkyl halides is 2. The minimum Gasteiger partial charge on any atom is -0.338 e. The van der Waals surface area contributed by atoms with Gasteiger partial charge >= 0.3 is 0 Å². The highest BCUT2D eigenvalue weighted by atomic mass is 19.3. The summed E-state index contributed by atoms with van der Waals surface area (Å²) in [6.07, 6.45) is -1.57. The van der Waals surface area contributed by atoms with Gasteiger partial charge in [0.15, 0.2) is 0 Å². The van der Waals surface area contributed by atoms with Gasteiger partial charge in [0.2, 0.25) is 5.91 Å². The van der Waals surface area contributed by atoms with Crippen LogP contribution in [0, 0.1) is 5.92 Å².